The minimum Gasteiger partial charge on any atom is -0.381 e. The van der Waals surface area contributed by atoms with Crippen molar-refractivity contribution in [2.24, 2.45) is 5.73 Å². The Kier molecular flexibility index (Phi) is 7.56. The first-order valence-corrected chi connectivity index (χ1v) is 13.3. The second kappa shape index (κ2) is 11.2. The zero-order valence-electron chi connectivity index (χ0n) is 22.1. The lowest BCUT2D eigenvalue weighted by Gasteiger charge is -2.26. The molecule has 0 bridgehead atoms. The minimum atomic E-state index is -0.465. The fraction of sp³-hybridized carbons (Fsp3) is 0.323. The van der Waals surface area contributed by atoms with Gasteiger partial charge in [-0.3, -0.25) is 19.5 Å². The molecule has 1 fully saturated rings. The Labute approximate surface area is 224 Å². The molecule has 1 aromatic heterocycles. The Morgan fingerprint density at radius 2 is 1.84 bits per heavy atom. The number of hydrogen-bond donors (Lipinski definition) is 3. The zero-order chi connectivity index (χ0) is 26.6. The van der Waals surface area contributed by atoms with Gasteiger partial charge in [0, 0.05) is 59.1 Å². The largest absolute Gasteiger partial charge is 0.381 e. The molecule has 3 aliphatic rings. The van der Waals surface area contributed by atoms with Gasteiger partial charge in [0.15, 0.2) is 0 Å². The van der Waals surface area contributed by atoms with Gasteiger partial charge >= 0.3 is 0 Å². The van der Waals surface area contributed by atoms with Crippen LogP contribution in [0.3, 0.4) is 0 Å². The van der Waals surface area contributed by atoms with Gasteiger partial charge in [-0.05, 0) is 93.3 Å². The fourth-order valence-electron chi connectivity index (χ4n) is 5.39. The molecule has 0 radical (unpaired) electrons. The Bertz CT molecular complexity index is 1390. The molecule has 0 saturated carbocycles. The molecular formula is C31H35N5O2. The van der Waals surface area contributed by atoms with Crippen molar-refractivity contribution < 1.29 is 9.59 Å². The average Bonchev–Trinajstić information content (AvgIpc) is 3.10. The number of likely N-dealkylation sites (tertiary alicyclic amines) is 1. The molecule has 1 aliphatic carbocycles. The smallest absolute Gasteiger partial charge is 0.256 e. The lowest BCUT2D eigenvalue weighted by molar-refractivity contribution is -0.115. The highest BCUT2D eigenvalue weighted by molar-refractivity contribution is 6.23. The van der Waals surface area contributed by atoms with E-state index in [1.165, 1.54) is 24.8 Å². The molecular weight excluding hydrogens is 474 g/mol. The fourth-order valence-corrected chi connectivity index (χ4v) is 5.39. The van der Waals surface area contributed by atoms with Crippen LogP contribution in [0.25, 0.3) is 16.7 Å². The van der Waals surface area contributed by atoms with Crippen LogP contribution < -0.4 is 16.4 Å². The summed E-state index contributed by atoms with van der Waals surface area (Å²) in [5, 5.41) is 6.48. The number of aromatic nitrogens is 1. The number of nitrogens with two attached hydrogens (primary N) is 1. The SMILES string of the molecule is CC1=C(C(N)=O)C=CC(NC(=O)C2=C(C)CNc3ccc(-c4cncc(CN5CCCCC5)c4)cc32)=CC1. The van der Waals surface area contributed by atoms with Crippen LogP contribution in [-0.2, 0) is 16.1 Å². The monoisotopic (exact) mass is 509 g/mol. The van der Waals surface area contributed by atoms with Crippen LogP contribution in [0.2, 0.25) is 0 Å². The first-order chi connectivity index (χ1) is 18.4. The van der Waals surface area contributed by atoms with E-state index < -0.39 is 5.91 Å². The number of allylic oxidation sites excluding steroid dienone is 3. The molecule has 5 rings (SSSR count). The third-order valence-electron chi connectivity index (χ3n) is 7.51. The van der Waals surface area contributed by atoms with Gasteiger partial charge in [-0.2, -0.15) is 0 Å². The highest BCUT2D eigenvalue weighted by atomic mass is 16.2. The summed E-state index contributed by atoms with van der Waals surface area (Å²) in [6.45, 7) is 7.65. The van der Waals surface area contributed by atoms with Crippen molar-refractivity contribution in [1.29, 1.82) is 0 Å². The number of carbonyl (C=O) groups is 2. The summed E-state index contributed by atoms with van der Waals surface area (Å²) >= 11 is 0. The van der Waals surface area contributed by atoms with Crippen LogP contribution in [0.1, 0.15) is 50.7 Å². The Balaban J connectivity index is 1.39. The number of fused-ring (bicyclic) bond motifs is 1. The third kappa shape index (κ3) is 5.63. The van der Waals surface area contributed by atoms with Crippen LogP contribution in [0, 0.1) is 0 Å². The highest BCUT2D eigenvalue weighted by Gasteiger charge is 2.24. The van der Waals surface area contributed by atoms with Crippen LogP contribution in [0.15, 0.2) is 77.3 Å². The summed E-state index contributed by atoms with van der Waals surface area (Å²) in [6, 6.07) is 8.41. The zero-order valence-corrected chi connectivity index (χ0v) is 22.1. The van der Waals surface area contributed by atoms with Gasteiger partial charge in [0.05, 0.1) is 0 Å². The molecule has 1 aromatic carbocycles. The minimum absolute atomic E-state index is 0.171. The summed E-state index contributed by atoms with van der Waals surface area (Å²) in [5.41, 5.74) is 14.2. The summed E-state index contributed by atoms with van der Waals surface area (Å²) in [6.07, 6.45) is 13.6. The average molecular weight is 510 g/mol. The van der Waals surface area contributed by atoms with E-state index in [0.717, 1.165) is 53.2 Å². The van der Waals surface area contributed by atoms with Gasteiger partial charge in [0.1, 0.15) is 0 Å². The normalized spacial score (nSPS) is 17.9. The van der Waals surface area contributed by atoms with E-state index in [2.05, 4.69) is 38.7 Å². The van der Waals surface area contributed by atoms with Crippen LogP contribution in [0.4, 0.5) is 5.69 Å². The lowest BCUT2D eigenvalue weighted by Crippen LogP contribution is -2.29. The van der Waals surface area contributed by atoms with Crippen LogP contribution in [-0.4, -0.2) is 41.3 Å². The van der Waals surface area contributed by atoms with Crippen molar-refractivity contribution in [3.8, 4) is 11.1 Å². The first kappa shape index (κ1) is 25.7. The number of piperidine rings is 1. The number of anilines is 1. The predicted molar refractivity (Wildman–Crippen MR) is 152 cm³/mol. The lowest BCUT2D eigenvalue weighted by atomic mass is 9.91. The molecule has 4 N–H and O–H groups in total. The van der Waals surface area contributed by atoms with Gasteiger partial charge < -0.3 is 16.4 Å². The standard InChI is InChI=1S/C31H35N5O2/c1-20-6-8-25(9-10-26(20)30(32)37)35-31(38)29-21(2)16-34-28-11-7-23(15-27(28)29)24-14-22(17-33-18-24)19-36-12-4-3-5-13-36/h7-11,14-15,17-18,34H,3-6,12-13,16,19H2,1-2H3,(H2,32,37)(H,35,38). The maximum atomic E-state index is 13.6. The Hall–Kier alpha value is -3.97. The Morgan fingerprint density at radius 1 is 1.03 bits per heavy atom. The van der Waals surface area contributed by atoms with E-state index in [-0.39, 0.29) is 5.91 Å². The number of nitrogens with one attached hydrogen (secondary N) is 2. The van der Waals surface area contributed by atoms with Crippen molar-refractivity contribution in [2.75, 3.05) is 25.0 Å². The molecule has 38 heavy (non-hydrogen) atoms. The van der Waals surface area contributed by atoms with Gasteiger partial charge in [0.25, 0.3) is 5.91 Å². The summed E-state index contributed by atoms with van der Waals surface area (Å²) in [7, 11) is 0. The second-order valence-electron chi connectivity index (χ2n) is 10.4. The predicted octanol–water partition coefficient (Wildman–Crippen LogP) is 4.70. The number of amides is 2. The van der Waals surface area contributed by atoms with Crippen molar-refractivity contribution in [3.63, 3.8) is 0 Å². The number of hydrogen-bond acceptors (Lipinski definition) is 5. The topological polar surface area (TPSA) is 100 Å². The molecule has 0 spiro atoms. The molecule has 0 atom stereocenters. The van der Waals surface area contributed by atoms with E-state index >= 15 is 0 Å². The van der Waals surface area contributed by atoms with E-state index in [1.807, 2.05) is 38.4 Å². The van der Waals surface area contributed by atoms with Gasteiger partial charge in [-0.1, -0.05) is 24.1 Å². The molecule has 1 saturated heterocycles. The number of primary amides is 1. The van der Waals surface area contributed by atoms with Crippen molar-refractivity contribution >= 4 is 23.1 Å². The van der Waals surface area contributed by atoms with E-state index in [1.54, 1.807) is 12.2 Å². The molecule has 3 heterocycles. The first-order valence-electron chi connectivity index (χ1n) is 13.3. The number of nitrogens with zero attached hydrogens (tertiary/aromatic N) is 2. The van der Waals surface area contributed by atoms with E-state index in [4.69, 9.17) is 5.73 Å². The van der Waals surface area contributed by atoms with Crippen LogP contribution >= 0.6 is 0 Å². The van der Waals surface area contributed by atoms with Crippen molar-refractivity contribution in [2.45, 2.75) is 46.1 Å². The second-order valence-corrected chi connectivity index (χ2v) is 10.4. The number of carbonyl (C=O) groups excluding carboxylic acids is 2. The van der Waals surface area contributed by atoms with E-state index in [0.29, 0.717) is 29.8 Å². The number of rotatable bonds is 6. The van der Waals surface area contributed by atoms with Gasteiger partial charge in [0.2, 0.25) is 5.91 Å². The number of pyridine rings is 1. The maximum absolute atomic E-state index is 13.6. The molecule has 2 aliphatic heterocycles. The quantitative estimate of drug-likeness (QED) is 0.524. The third-order valence-corrected chi connectivity index (χ3v) is 7.51. The molecule has 196 valence electrons. The molecule has 7 heteroatoms. The molecule has 2 aromatic rings. The molecule has 0 unspecified atom stereocenters. The molecule has 7 nitrogen and oxygen atoms in total. The van der Waals surface area contributed by atoms with Gasteiger partial charge in [-0.15, -0.1) is 0 Å². The van der Waals surface area contributed by atoms with Crippen molar-refractivity contribution in [1.82, 2.24) is 15.2 Å². The summed E-state index contributed by atoms with van der Waals surface area (Å²) < 4.78 is 0. The Morgan fingerprint density at radius 3 is 2.63 bits per heavy atom. The van der Waals surface area contributed by atoms with Crippen LogP contribution in [0.5, 0.6) is 0 Å². The van der Waals surface area contributed by atoms with Gasteiger partial charge in [-0.25, -0.2) is 0 Å². The maximum Gasteiger partial charge on any atom is 0.256 e. The molecule has 2 amide bonds. The summed E-state index contributed by atoms with van der Waals surface area (Å²) in [5.74, 6) is -0.636. The highest BCUT2D eigenvalue weighted by Crippen LogP contribution is 2.35. The van der Waals surface area contributed by atoms with E-state index in [9.17, 15) is 9.59 Å². The number of benzene rings is 1. The summed E-state index contributed by atoms with van der Waals surface area (Å²) in [4.78, 5) is 32.3. The van der Waals surface area contributed by atoms with Crippen molar-refractivity contribution in [3.05, 3.63) is 88.4 Å².